The number of hydrogen-bond donors (Lipinski definition) is 0. The number of halogens is 2. The van der Waals surface area contributed by atoms with Gasteiger partial charge < -0.3 is 0 Å². The lowest BCUT2D eigenvalue weighted by molar-refractivity contribution is 0.104. The zero-order chi connectivity index (χ0) is 26.1. The SMILES string of the molecule is O=C(c1ccc(Cl)cc1)c1c(-c2ccc(Cl)cc2)c2c(=O)c3ccccc3c2c2c(=O)c3ccccc3c12. The molecule has 0 aliphatic heterocycles. The van der Waals surface area contributed by atoms with Crippen LogP contribution < -0.4 is 10.9 Å². The van der Waals surface area contributed by atoms with Gasteiger partial charge in [0.25, 0.3) is 0 Å². The molecule has 0 amide bonds. The summed E-state index contributed by atoms with van der Waals surface area (Å²) in [4.78, 5) is 42.4. The van der Waals surface area contributed by atoms with Crippen LogP contribution in [0.3, 0.4) is 0 Å². The van der Waals surface area contributed by atoms with Crippen molar-refractivity contribution in [3.05, 3.63) is 139 Å². The van der Waals surface area contributed by atoms with E-state index in [1.807, 2.05) is 42.5 Å². The third kappa shape index (κ3) is 3.13. The summed E-state index contributed by atoms with van der Waals surface area (Å²) in [5, 5.41) is 5.35. The van der Waals surface area contributed by atoms with Crippen LogP contribution in [0.5, 0.6) is 0 Å². The number of carbonyl (C=O) groups is 1. The predicted octanol–water partition coefficient (Wildman–Crippen LogP) is 8.10. The van der Waals surface area contributed by atoms with Crippen molar-refractivity contribution >= 4 is 72.1 Å². The minimum Gasteiger partial charge on any atom is -0.289 e. The van der Waals surface area contributed by atoms with Crippen molar-refractivity contribution in [1.82, 2.24) is 0 Å². The second kappa shape index (κ2) is 8.35. The Hall–Kier alpha value is -4.31. The molecule has 0 atom stereocenters. The fraction of sp³-hybridized carbons (Fsp3) is 0. The molecule has 0 bridgehead atoms. The van der Waals surface area contributed by atoms with Crippen LogP contribution in [-0.2, 0) is 0 Å². The number of rotatable bonds is 3. The van der Waals surface area contributed by atoms with Crippen molar-refractivity contribution in [3.8, 4) is 11.1 Å². The Morgan fingerprint density at radius 3 is 1.55 bits per heavy atom. The standard InChI is InChI=1S/C33H16Cl2O3/c34-19-13-9-17(10-14-19)25-28(31(36)18-11-15-20(35)16-12-18)26-21-5-1-4-8-24(21)33(38)30(26)27-22-6-2-3-7-23(22)32(37)29(25)27/h1-16H. The minimum absolute atomic E-state index is 0.191. The van der Waals surface area contributed by atoms with E-state index in [0.717, 1.165) is 0 Å². The summed E-state index contributed by atoms with van der Waals surface area (Å²) in [5.74, 6) is -0.293. The van der Waals surface area contributed by atoms with Crippen molar-refractivity contribution in [2.24, 2.45) is 0 Å². The third-order valence-corrected chi connectivity index (χ3v) is 7.81. The van der Waals surface area contributed by atoms with Gasteiger partial charge in [-0.1, -0.05) is 83.9 Å². The van der Waals surface area contributed by atoms with E-state index in [-0.39, 0.29) is 16.6 Å². The number of ketones is 1. The van der Waals surface area contributed by atoms with Crippen molar-refractivity contribution in [3.63, 3.8) is 0 Å². The maximum Gasteiger partial charge on any atom is 0.194 e. The van der Waals surface area contributed by atoms with E-state index in [1.54, 1.807) is 54.6 Å². The van der Waals surface area contributed by atoms with Gasteiger partial charge in [-0.2, -0.15) is 0 Å². The quantitative estimate of drug-likeness (QED) is 0.217. The lowest BCUT2D eigenvalue weighted by Crippen LogP contribution is -2.08. The van der Waals surface area contributed by atoms with Gasteiger partial charge >= 0.3 is 0 Å². The molecule has 0 unspecified atom stereocenters. The van der Waals surface area contributed by atoms with Crippen molar-refractivity contribution in [1.29, 1.82) is 0 Å². The van der Waals surface area contributed by atoms with Crippen molar-refractivity contribution in [2.45, 2.75) is 0 Å². The van der Waals surface area contributed by atoms with Crippen molar-refractivity contribution in [2.75, 3.05) is 0 Å². The molecule has 0 aromatic heterocycles. The number of benzene rings is 5. The molecule has 0 radical (unpaired) electrons. The van der Waals surface area contributed by atoms with Gasteiger partial charge in [0.05, 0.1) is 0 Å². The van der Waals surface area contributed by atoms with Crippen LogP contribution in [0.4, 0.5) is 0 Å². The molecule has 180 valence electrons. The van der Waals surface area contributed by atoms with Crippen LogP contribution in [0, 0.1) is 0 Å². The Morgan fingerprint density at radius 2 is 0.974 bits per heavy atom. The molecule has 7 aromatic rings. The summed E-state index contributed by atoms with van der Waals surface area (Å²) >= 11 is 12.3. The average Bonchev–Trinajstić information content (AvgIpc) is 3.40. The molecule has 7 rings (SSSR count). The predicted molar refractivity (Wildman–Crippen MR) is 157 cm³/mol. The summed E-state index contributed by atoms with van der Waals surface area (Å²) in [6.07, 6.45) is 0. The molecule has 5 heteroatoms. The highest BCUT2D eigenvalue weighted by molar-refractivity contribution is 6.38. The van der Waals surface area contributed by atoms with Gasteiger partial charge in [0.2, 0.25) is 0 Å². The Bertz CT molecular complexity index is 2190. The van der Waals surface area contributed by atoms with E-state index in [4.69, 9.17) is 23.2 Å². The Morgan fingerprint density at radius 1 is 0.500 bits per heavy atom. The van der Waals surface area contributed by atoms with Crippen molar-refractivity contribution < 1.29 is 4.79 Å². The van der Waals surface area contributed by atoms with E-state index in [2.05, 4.69) is 0 Å². The van der Waals surface area contributed by atoms with E-state index >= 15 is 0 Å². The maximum absolute atomic E-state index is 14.4. The largest absolute Gasteiger partial charge is 0.289 e. The van der Waals surface area contributed by atoms with E-state index in [1.165, 1.54) is 0 Å². The molecular weight excluding hydrogens is 515 g/mol. The fourth-order valence-corrected chi connectivity index (χ4v) is 5.94. The van der Waals surface area contributed by atoms with Crippen LogP contribution in [0.25, 0.3) is 54.2 Å². The van der Waals surface area contributed by atoms with Gasteiger partial charge in [-0.3, -0.25) is 14.4 Å². The van der Waals surface area contributed by atoms with E-state index in [9.17, 15) is 14.4 Å². The molecule has 0 aliphatic carbocycles. The molecule has 38 heavy (non-hydrogen) atoms. The van der Waals surface area contributed by atoms with Gasteiger partial charge in [0.1, 0.15) is 0 Å². The first-order valence-electron chi connectivity index (χ1n) is 12.0. The Balaban J connectivity index is 1.82. The summed E-state index contributed by atoms with van der Waals surface area (Å²) in [5.41, 5.74) is 1.50. The van der Waals surface area contributed by atoms with E-state index in [0.29, 0.717) is 75.4 Å². The van der Waals surface area contributed by atoms with Crippen LogP contribution in [-0.4, -0.2) is 5.78 Å². The maximum atomic E-state index is 14.4. The number of hydrogen-bond acceptors (Lipinski definition) is 3. The Kier molecular flexibility index (Phi) is 5.02. The fourth-order valence-electron chi connectivity index (χ4n) is 5.69. The molecule has 0 spiro atoms. The zero-order valence-corrected chi connectivity index (χ0v) is 21.2. The highest BCUT2D eigenvalue weighted by Crippen LogP contribution is 2.44. The monoisotopic (exact) mass is 530 g/mol. The molecular formula is C33H16Cl2O3. The molecule has 0 N–H and O–H groups in total. The normalized spacial score (nSPS) is 11.7. The lowest BCUT2D eigenvalue weighted by atomic mass is 9.86. The molecule has 0 heterocycles. The zero-order valence-electron chi connectivity index (χ0n) is 19.7. The van der Waals surface area contributed by atoms with Crippen LogP contribution in [0.15, 0.2) is 107 Å². The van der Waals surface area contributed by atoms with Gasteiger partial charge in [0.15, 0.2) is 16.6 Å². The average molecular weight is 531 g/mol. The highest BCUT2D eigenvalue weighted by Gasteiger charge is 2.29. The molecule has 3 nitrogen and oxygen atoms in total. The third-order valence-electron chi connectivity index (χ3n) is 7.30. The summed E-state index contributed by atoms with van der Waals surface area (Å²) in [6.45, 7) is 0. The Labute approximate surface area is 226 Å². The van der Waals surface area contributed by atoms with Crippen LogP contribution in [0.2, 0.25) is 10.0 Å². The van der Waals surface area contributed by atoms with Crippen LogP contribution >= 0.6 is 23.2 Å². The first-order valence-corrected chi connectivity index (χ1v) is 12.8. The minimum atomic E-state index is -0.293. The smallest absolute Gasteiger partial charge is 0.194 e. The second-order valence-corrected chi connectivity index (χ2v) is 10.2. The second-order valence-electron chi connectivity index (χ2n) is 9.34. The first kappa shape index (κ1) is 22.9. The number of fused-ring (bicyclic) bond motifs is 7. The molecule has 0 fully saturated rings. The lowest BCUT2D eigenvalue weighted by Gasteiger charge is -2.14. The van der Waals surface area contributed by atoms with Gasteiger partial charge in [-0.15, -0.1) is 0 Å². The first-order chi connectivity index (χ1) is 18.5. The molecule has 0 saturated carbocycles. The summed E-state index contributed by atoms with van der Waals surface area (Å²) in [7, 11) is 0. The summed E-state index contributed by atoms with van der Waals surface area (Å²) < 4.78 is 0. The van der Waals surface area contributed by atoms with E-state index < -0.39 is 0 Å². The molecule has 0 aliphatic rings. The van der Waals surface area contributed by atoms with Gasteiger partial charge in [-0.25, -0.2) is 0 Å². The summed E-state index contributed by atoms with van der Waals surface area (Å²) in [6, 6.07) is 28.3. The topological polar surface area (TPSA) is 51.2 Å². The molecule has 7 aromatic carbocycles. The highest BCUT2D eigenvalue weighted by atomic mass is 35.5. The van der Waals surface area contributed by atoms with Gasteiger partial charge in [-0.05, 0) is 52.7 Å². The number of carbonyl (C=O) groups excluding carboxylic acids is 1. The van der Waals surface area contributed by atoms with Crippen LogP contribution in [0.1, 0.15) is 15.9 Å². The van der Waals surface area contributed by atoms with Gasteiger partial charge in [0, 0.05) is 59.1 Å². The molecule has 0 saturated heterocycles.